The van der Waals surface area contributed by atoms with Gasteiger partial charge in [-0.3, -0.25) is 4.79 Å². The first-order valence-electron chi connectivity index (χ1n) is 6.78. The molecule has 1 heterocycles. The predicted molar refractivity (Wildman–Crippen MR) is 82.2 cm³/mol. The van der Waals surface area contributed by atoms with Gasteiger partial charge in [0, 0.05) is 25.3 Å². The van der Waals surface area contributed by atoms with Gasteiger partial charge in [0.25, 0.3) is 5.91 Å². The number of hydrogen-bond donors (Lipinski definition) is 2. The highest BCUT2D eigenvalue weighted by Gasteiger charge is 2.18. The zero-order chi connectivity index (χ0) is 15.1. The van der Waals surface area contributed by atoms with E-state index in [9.17, 15) is 4.79 Å². The van der Waals surface area contributed by atoms with Gasteiger partial charge >= 0.3 is 0 Å². The van der Waals surface area contributed by atoms with Crippen molar-refractivity contribution in [1.29, 1.82) is 0 Å². The lowest BCUT2D eigenvalue weighted by Gasteiger charge is -2.20. The highest BCUT2D eigenvalue weighted by Crippen LogP contribution is 2.25. The summed E-state index contributed by atoms with van der Waals surface area (Å²) in [5.74, 6) is -0.155. The summed E-state index contributed by atoms with van der Waals surface area (Å²) in [5, 5.41) is 18.7. The second-order valence-electron chi connectivity index (χ2n) is 4.49. The summed E-state index contributed by atoms with van der Waals surface area (Å²) in [6.07, 6.45) is 2.06. The number of nitrogens with zero attached hydrogens (tertiary/aromatic N) is 2. The van der Waals surface area contributed by atoms with E-state index in [1.807, 2.05) is 30.3 Å². The summed E-state index contributed by atoms with van der Waals surface area (Å²) < 4.78 is 0. The third-order valence-electron chi connectivity index (χ3n) is 2.98. The van der Waals surface area contributed by atoms with Crippen LogP contribution in [0.5, 0.6) is 0 Å². The molecule has 0 spiro atoms. The maximum absolute atomic E-state index is 12.4. The number of carbonyl (C=O) groups is 1. The standard InChI is InChI=1S/C15H18N2O3S/c18-9-4-7-17(8-10-19)15(20)13-11-16-14(21-13)12-5-2-1-3-6-12/h1-3,5-6,11,18-19H,4,7-10H2. The molecule has 1 aromatic carbocycles. The third kappa shape index (κ3) is 4.10. The van der Waals surface area contributed by atoms with Crippen LogP contribution in [-0.2, 0) is 0 Å². The predicted octanol–water partition coefficient (Wildman–Crippen LogP) is 1.63. The van der Waals surface area contributed by atoms with Crippen LogP contribution in [-0.4, -0.2) is 52.3 Å². The Balaban J connectivity index is 2.13. The van der Waals surface area contributed by atoms with E-state index in [4.69, 9.17) is 10.2 Å². The zero-order valence-corrected chi connectivity index (χ0v) is 12.4. The van der Waals surface area contributed by atoms with Crippen LogP contribution in [0.2, 0.25) is 0 Å². The van der Waals surface area contributed by atoms with Gasteiger partial charge < -0.3 is 15.1 Å². The van der Waals surface area contributed by atoms with E-state index in [1.54, 1.807) is 11.1 Å². The second-order valence-corrected chi connectivity index (χ2v) is 5.52. The molecule has 1 amide bonds. The maximum atomic E-state index is 12.4. The normalized spacial score (nSPS) is 10.6. The van der Waals surface area contributed by atoms with Crippen LogP contribution in [0.25, 0.3) is 10.6 Å². The second kappa shape index (κ2) is 7.87. The average molecular weight is 306 g/mol. The van der Waals surface area contributed by atoms with Gasteiger partial charge in [-0.1, -0.05) is 30.3 Å². The van der Waals surface area contributed by atoms with Crippen molar-refractivity contribution in [3.05, 3.63) is 41.4 Å². The van der Waals surface area contributed by atoms with Crippen LogP contribution in [0.4, 0.5) is 0 Å². The monoisotopic (exact) mass is 306 g/mol. The lowest BCUT2D eigenvalue weighted by Crippen LogP contribution is -2.34. The minimum absolute atomic E-state index is 0.0210. The number of amides is 1. The number of carbonyl (C=O) groups excluding carboxylic acids is 1. The molecule has 5 nitrogen and oxygen atoms in total. The van der Waals surface area contributed by atoms with Gasteiger partial charge in [-0.05, 0) is 6.42 Å². The molecule has 0 aliphatic heterocycles. The van der Waals surface area contributed by atoms with Gasteiger partial charge in [-0.15, -0.1) is 11.3 Å². The van der Waals surface area contributed by atoms with E-state index in [-0.39, 0.29) is 25.7 Å². The molecule has 0 fully saturated rings. The van der Waals surface area contributed by atoms with E-state index in [1.165, 1.54) is 11.3 Å². The highest BCUT2D eigenvalue weighted by atomic mass is 32.1. The Morgan fingerprint density at radius 1 is 1.14 bits per heavy atom. The van der Waals surface area contributed by atoms with Gasteiger partial charge in [-0.25, -0.2) is 4.98 Å². The molecule has 0 bridgehead atoms. The molecule has 2 rings (SSSR count). The van der Waals surface area contributed by atoms with Crippen molar-refractivity contribution in [1.82, 2.24) is 9.88 Å². The Bertz CT molecular complexity index is 571. The molecule has 6 heteroatoms. The summed E-state index contributed by atoms with van der Waals surface area (Å²) >= 11 is 1.34. The van der Waals surface area contributed by atoms with E-state index in [0.29, 0.717) is 17.8 Å². The molecule has 112 valence electrons. The first kappa shape index (κ1) is 15.6. The third-order valence-corrected chi connectivity index (χ3v) is 4.01. The molecule has 0 atom stereocenters. The largest absolute Gasteiger partial charge is 0.396 e. The molecule has 2 N–H and O–H groups in total. The highest BCUT2D eigenvalue weighted by molar-refractivity contribution is 7.16. The number of aliphatic hydroxyl groups is 2. The van der Waals surface area contributed by atoms with E-state index in [0.717, 1.165) is 10.6 Å². The summed E-state index contributed by atoms with van der Waals surface area (Å²) in [4.78, 5) is 18.8. The molecule has 0 radical (unpaired) electrons. The number of rotatable bonds is 7. The van der Waals surface area contributed by atoms with Crippen LogP contribution in [0.1, 0.15) is 16.1 Å². The van der Waals surface area contributed by atoms with Crippen molar-refractivity contribution in [2.24, 2.45) is 0 Å². The molecule has 0 aliphatic rings. The van der Waals surface area contributed by atoms with Crippen LogP contribution >= 0.6 is 11.3 Å². The lowest BCUT2D eigenvalue weighted by atomic mass is 10.2. The summed E-state index contributed by atoms with van der Waals surface area (Å²) in [5.41, 5.74) is 0.977. The Kier molecular flexibility index (Phi) is 5.86. The van der Waals surface area contributed by atoms with Crippen LogP contribution in [0.15, 0.2) is 36.5 Å². The molecule has 21 heavy (non-hydrogen) atoms. The minimum Gasteiger partial charge on any atom is -0.396 e. The Morgan fingerprint density at radius 2 is 1.90 bits per heavy atom. The first-order chi connectivity index (χ1) is 10.3. The van der Waals surface area contributed by atoms with Crippen LogP contribution < -0.4 is 0 Å². The average Bonchev–Trinajstić information content (AvgIpc) is 3.01. The van der Waals surface area contributed by atoms with Gasteiger partial charge in [0.2, 0.25) is 0 Å². The maximum Gasteiger partial charge on any atom is 0.265 e. The fraction of sp³-hybridized carbons (Fsp3) is 0.333. The minimum atomic E-state index is -0.155. The molecule has 0 saturated heterocycles. The Hall–Kier alpha value is -1.76. The molecule has 0 saturated carbocycles. The van der Waals surface area contributed by atoms with Gasteiger partial charge in [0.1, 0.15) is 9.88 Å². The van der Waals surface area contributed by atoms with Crippen molar-refractivity contribution >= 4 is 17.2 Å². The molecular formula is C15H18N2O3S. The fourth-order valence-corrected chi connectivity index (χ4v) is 2.83. The summed E-state index contributed by atoms with van der Waals surface area (Å²) in [6, 6.07) is 9.69. The summed E-state index contributed by atoms with van der Waals surface area (Å²) in [7, 11) is 0. The number of aliphatic hydroxyl groups excluding tert-OH is 2. The SMILES string of the molecule is O=C(c1cnc(-c2ccccc2)s1)N(CCO)CCCO. The molecule has 1 aromatic heterocycles. The quantitative estimate of drug-likeness (QED) is 0.815. The number of hydrogen-bond acceptors (Lipinski definition) is 5. The van der Waals surface area contributed by atoms with Gasteiger partial charge in [0.05, 0.1) is 12.8 Å². The smallest absolute Gasteiger partial charge is 0.265 e. The van der Waals surface area contributed by atoms with Crippen LogP contribution in [0, 0.1) is 0 Å². The van der Waals surface area contributed by atoms with Crippen molar-refractivity contribution in [2.75, 3.05) is 26.3 Å². The van der Waals surface area contributed by atoms with Gasteiger partial charge in [0.15, 0.2) is 0 Å². The van der Waals surface area contributed by atoms with Gasteiger partial charge in [-0.2, -0.15) is 0 Å². The van der Waals surface area contributed by atoms with Crippen LogP contribution in [0.3, 0.4) is 0 Å². The lowest BCUT2D eigenvalue weighted by molar-refractivity contribution is 0.0714. The summed E-state index contributed by atoms with van der Waals surface area (Å²) in [6.45, 7) is 0.612. The topological polar surface area (TPSA) is 73.7 Å². The van der Waals surface area contributed by atoms with Crippen molar-refractivity contribution < 1.29 is 15.0 Å². The molecular weight excluding hydrogens is 288 g/mol. The van der Waals surface area contributed by atoms with Crippen molar-refractivity contribution in [3.63, 3.8) is 0 Å². The molecule has 2 aromatic rings. The fourth-order valence-electron chi connectivity index (χ4n) is 1.94. The number of benzene rings is 1. The number of aromatic nitrogens is 1. The molecule has 0 unspecified atom stereocenters. The number of thiazole rings is 1. The Morgan fingerprint density at radius 3 is 2.57 bits per heavy atom. The van der Waals surface area contributed by atoms with Crippen molar-refractivity contribution in [2.45, 2.75) is 6.42 Å². The first-order valence-corrected chi connectivity index (χ1v) is 7.60. The van der Waals surface area contributed by atoms with E-state index in [2.05, 4.69) is 4.98 Å². The zero-order valence-electron chi connectivity index (χ0n) is 11.6. The van der Waals surface area contributed by atoms with Crippen molar-refractivity contribution in [3.8, 4) is 10.6 Å². The van der Waals surface area contributed by atoms with E-state index >= 15 is 0 Å². The Labute approximate surface area is 127 Å². The van der Waals surface area contributed by atoms with E-state index < -0.39 is 0 Å². The molecule has 0 aliphatic carbocycles.